The van der Waals surface area contributed by atoms with Gasteiger partial charge in [0.15, 0.2) is 0 Å². The molecule has 0 saturated carbocycles. The maximum atomic E-state index is 2.62. The Hall–Kier alpha value is -6.78. The van der Waals surface area contributed by atoms with Gasteiger partial charge in [-0.2, -0.15) is 0 Å². The molecule has 2 aliphatic heterocycles. The molecule has 0 bridgehead atoms. The van der Waals surface area contributed by atoms with Gasteiger partial charge in [-0.25, -0.2) is 0 Å². The van der Waals surface area contributed by atoms with Crippen molar-refractivity contribution in [3.8, 4) is 11.1 Å². The zero-order chi connectivity index (χ0) is 43.4. The van der Waals surface area contributed by atoms with Crippen molar-refractivity contribution in [2.24, 2.45) is 0 Å². The van der Waals surface area contributed by atoms with Crippen LogP contribution < -0.4 is 31.1 Å². The highest BCUT2D eigenvalue weighted by Crippen LogP contribution is 2.55. The maximum Gasteiger partial charge on any atom is 0.252 e. The van der Waals surface area contributed by atoms with Crippen LogP contribution in [0.25, 0.3) is 11.1 Å². The van der Waals surface area contributed by atoms with Gasteiger partial charge in [0.05, 0.1) is 5.69 Å². The minimum Gasteiger partial charge on any atom is -0.311 e. The fourth-order valence-corrected chi connectivity index (χ4v) is 10.8. The van der Waals surface area contributed by atoms with Gasteiger partial charge in [-0.05, 0) is 133 Å². The molecule has 308 valence electrons. The van der Waals surface area contributed by atoms with Crippen molar-refractivity contribution in [2.45, 2.75) is 71.6 Å². The van der Waals surface area contributed by atoms with Crippen LogP contribution in [0.1, 0.15) is 77.6 Å². The van der Waals surface area contributed by atoms with E-state index in [0.29, 0.717) is 0 Å². The van der Waals surface area contributed by atoms with E-state index < -0.39 is 0 Å². The van der Waals surface area contributed by atoms with Crippen molar-refractivity contribution < 1.29 is 0 Å². The van der Waals surface area contributed by atoms with E-state index in [0.717, 1.165) is 17.1 Å². The van der Waals surface area contributed by atoms with E-state index in [1.54, 1.807) is 0 Å². The number of benzene rings is 8. The molecule has 0 saturated heterocycles. The SMILES string of the molecule is CC(C)(C)c1ccc(N2c3ccc(C(C)(C)C)cc3B3c4ccc(N(c5ccccc5)c5ccccc5)cc4N(c4cccc5c4C(C)(C)c4ccccc4-5)c4cccc2c43)cc1. The van der Waals surface area contributed by atoms with Gasteiger partial charge in [0.1, 0.15) is 0 Å². The molecule has 63 heavy (non-hydrogen) atoms. The summed E-state index contributed by atoms with van der Waals surface area (Å²) in [5.41, 5.74) is 22.5. The van der Waals surface area contributed by atoms with E-state index in [4.69, 9.17) is 0 Å². The van der Waals surface area contributed by atoms with E-state index in [1.165, 1.54) is 83.9 Å². The van der Waals surface area contributed by atoms with E-state index in [9.17, 15) is 0 Å². The summed E-state index contributed by atoms with van der Waals surface area (Å²) in [6.07, 6.45) is 0. The smallest absolute Gasteiger partial charge is 0.252 e. The summed E-state index contributed by atoms with van der Waals surface area (Å²) >= 11 is 0. The number of hydrogen-bond acceptors (Lipinski definition) is 3. The van der Waals surface area contributed by atoms with E-state index >= 15 is 0 Å². The van der Waals surface area contributed by atoms with Gasteiger partial charge in [-0.1, -0.05) is 165 Å². The van der Waals surface area contributed by atoms with E-state index in [-0.39, 0.29) is 23.0 Å². The lowest BCUT2D eigenvalue weighted by molar-refractivity contribution is 0.590. The third kappa shape index (κ3) is 6.09. The number of nitrogens with zero attached hydrogens (tertiary/aromatic N) is 3. The molecule has 0 unspecified atom stereocenters. The third-order valence-corrected chi connectivity index (χ3v) is 13.9. The second-order valence-corrected chi connectivity index (χ2v) is 20.3. The number of anilines is 9. The van der Waals surface area contributed by atoms with Gasteiger partial charge >= 0.3 is 0 Å². The summed E-state index contributed by atoms with van der Waals surface area (Å²) in [6, 6.07) is 68.4. The highest BCUT2D eigenvalue weighted by atomic mass is 15.2. The van der Waals surface area contributed by atoms with Crippen molar-refractivity contribution in [3.63, 3.8) is 0 Å². The molecule has 2 heterocycles. The molecule has 0 spiro atoms. The van der Waals surface area contributed by atoms with Crippen LogP contribution in [0.5, 0.6) is 0 Å². The first-order valence-electron chi connectivity index (χ1n) is 22.6. The minimum absolute atomic E-state index is 0.00256. The lowest BCUT2D eigenvalue weighted by atomic mass is 9.33. The molecule has 8 aromatic carbocycles. The van der Waals surface area contributed by atoms with Crippen LogP contribution in [0.4, 0.5) is 51.2 Å². The molecule has 3 aliphatic rings. The zero-order valence-electron chi connectivity index (χ0n) is 37.7. The second kappa shape index (κ2) is 14.1. The molecular formula is C59H54BN3. The third-order valence-electron chi connectivity index (χ3n) is 13.9. The lowest BCUT2D eigenvalue weighted by Gasteiger charge is -2.45. The van der Waals surface area contributed by atoms with Gasteiger partial charge in [0.25, 0.3) is 6.71 Å². The Labute approximate surface area is 374 Å². The molecule has 0 amide bonds. The van der Waals surface area contributed by atoms with Gasteiger partial charge in [0.2, 0.25) is 0 Å². The van der Waals surface area contributed by atoms with Gasteiger partial charge in [-0.3, -0.25) is 0 Å². The Kier molecular flexibility index (Phi) is 8.77. The summed E-state index contributed by atoms with van der Waals surface area (Å²) in [5.74, 6) is 0. The van der Waals surface area contributed by atoms with Crippen LogP contribution in [0.2, 0.25) is 0 Å². The average Bonchev–Trinajstić information content (AvgIpc) is 3.52. The Balaban J connectivity index is 1.22. The molecule has 0 aromatic heterocycles. The van der Waals surface area contributed by atoms with Crippen molar-refractivity contribution >= 4 is 74.3 Å². The standard InChI is InChI=1S/C59H54BN3/c1-57(2,3)39-29-32-43(33-30-39)62-50-36-31-40(58(4,5)6)37-49(50)60-48-35-34-44(61(41-19-11-9-12-20-41)42-21-13-10-14-22-42)38-54(48)63(53-28-18-27-52(62)56(53)60)51-26-17-24-46-45-23-15-16-25-47(45)59(7,8)55(46)51/h9-38H,1-8H3. The van der Waals surface area contributed by atoms with Crippen molar-refractivity contribution in [1.82, 2.24) is 0 Å². The summed E-state index contributed by atoms with van der Waals surface area (Å²) in [6.45, 7) is 18.7. The van der Waals surface area contributed by atoms with Gasteiger partial charge in [-0.15, -0.1) is 0 Å². The largest absolute Gasteiger partial charge is 0.311 e. The maximum absolute atomic E-state index is 2.62. The first-order chi connectivity index (χ1) is 30.3. The summed E-state index contributed by atoms with van der Waals surface area (Å²) < 4.78 is 0. The predicted molar refractivity (Wildman–Crippen MR) is 270 cm³/mol. The molecule has 11 rings (SSSR count). The summed E-state index contributed by atoms with van der Waals surface area (Å²) in [5, 5.41) is 0. The fourth-order valence-electron chi connectivity index (χ4n) is 10.8. The van der Waals surface area contributed by atoms with Crippen molar-refractivity contribution in [1.29, 1.82) is 0 Å². The molecule has 8 aromatic rings. The minimum atomic E-state index is -0.221. The Bertz CT molecular complexity index is 3020. The molecular weight excluding hydrogens is 761 g/mol. The molecule has 1 aliphatic carbocycles. The monoisotopic (exact) mass is 815 g/mol. The van der Waals surface area contributed by atoms with Crippen LogP contribution >= 0.6 is 0 Å². The zero-order valence-corrected chi connectivity index (χ0v) is 37.7. The topological polar surface area (TPSA) is 9.72 Å². The Morgan fingerprint density at radius 2 is 1.00 bits per heavy atom. The summed E-state index contributed by atoms with van der Waals surface area (Å²) in [4.78, 5) is 7.55. The van der Waals surface area contributed by atoms with Gasteiger partial charge in [0, 0.05) is 50.9 Å². The van der Waals surface area contributed by atoms with Crippen LogP contribution in [0, 0.1) is 0 Å². The number of hydrogen-bond donors (Lipinski definition) is 0. The van der Waals surface area contributed by atoms with Crippen molar-refractivity contribution in [2.75, 3.05) is 14.7 Å². The first kappa shape index (κ1) is 39.1. The quantitative estimate of drug-likeness (QED) is 0.160. The second-order valence-electron chi connectivity index (χ2n) is 20.3. The Morgan fingerprint density at radius 3 is 1.67 bits per heavy atom. The lowest BCUT2D eigenvalue weighted by Crippen LogP contribution is -2.61. The summed E-state index contributed by atoms with van der Waals surface area (Å²) in [7, 11) is 0. The van der Waals surface area contributed by atoms with Gasteiger partial charge < -0.3 is 14.7 Å². The fraction of sp³-hybridized carbons (Fsp3) is 0.186. The molecule has 0 N–H and O–H groups in total. The Morgan fingerprint density at radius 1 is 0.429 bits per heavy atom. The molecule has 0 radical (unpaired) electrons. The van der Waals surface area contributed by atoms with Crippen LogP contribution in [-0.4, -0.2) is 6.71 Å². The van der Waals surface area contributed by atoms with E-state index in [2.05, 4.69) is 252 Å². The van der Waals surface area contributed by atoms with Crippen molar-refractivity contribution in [3.05, 3.63) is 204 Å². The number of para-hydroxylation sites is 2. The average molecular weight is 816 g/mol. The van der Waals surface area contributed by atoms with Crippen LogP contribution in [0.15, 0.2) is 182 Å². The first-order valence-corrected chi connectivity index (χ1v) is 22.6. The van der Waals surface area contributed by atoms with E-state index in [1.807, 2.05) is 0 Å². The normalized spacial score (nSPS) is 14.4. The molecule has 3 nitrogen and oxygen atoms in total. The molecule has 0 atom stereocenters. The highest BCUT2D eigenvalue weighted by Gasteiger charge is 2.46. The molecule has 4 heteroatoms. The number of rotatable bonds is 5. The number of fused-ring (bicyclic) bond motifs is 7. The molecule has 0 fully saturated rings. The highest BCUT2D eigenvalue weighted by molar-refractivity contribution is 7.00. The van der Waals surface area contributed by atoms with Crippen LogP contribution in [-0.2, 0) is 16.2 Å². The predicted octanol–water partition coefficient (Wildman–Crippen LogP) is 14.1. The van der Waals surface area contributed by atoms with Crippen LogP contribution in [0.3, 0.4) is 0 Å².